The molecule has 1 atom stereocenters. The summed E-state index contributed by atoms with van der Waals surface area (Å²) in [6, 6.07) is 44.1. The number of hydrogen-bond acceptors (Lipinski definition) is 6. The molecule has 7 rings (SSSR count). The van der Waals surface area contributed by atoms with E-state index >= 15 is 0 Å². The van der Waals surface area contributed by atoms with Crippen LogP contribution < -0.4 is 16.0 Å². The van der Waals surface area contributed by atoms with Crippen molar-refractivity contribution in [2.45, 2.75) is 17.1 Å². The van der Waals surface area contributed by atoms with E-state index in [0.29, 0.717) is 16.4 Å². The van der Waals surface area contributed by atoms with Crippen LogP contribution in [-0.2, 0) is 9.59 Å². The maximum Gasteiger partial charge on any atom is 0.272 e. The average molecular weight is 705 g/mol. The van der Waals surface area contributed by atoms with Crippen LogP contribution in [-0.4, -0.2) is 28.0 Å². The van der Waals surface area contributed by atoms with Gasteiger partial charge >= 0.3 is 0 Å². The summed E-state index contributed by atoms with van der Waals surface area (Å²) in [6.07, 6.45) is 1.69. The molecule has 0 fully saturated rings. The van der Waals surface area contributed by atoms with Crippen LogP contribution in [0.2, 0.25) is 0 Å². The van der Waals surface area contributed by atoms with Crippen molar-refractivity contribution in [3.05, 3.63) is 162 Å². The van der Waals surface area contributed by atoms with Crippen molar-refractivity contribution in [3.63, 3.8) is 0 Å². The minimum Gasteiger partial charge on any atom is -0.321 e. The summed E-state index contributed by atoms with van der Waals surface area (Å²) in [7, 11) is 0. The van der Waals surface area contributed by atoms with Gasteiger partial charge in [-0.1, -0.05) is 103 Å². The highest BCUT2D eigenvalue weighted by atomic mass is 32.2. The molecule has 1 aromatic heterocycles. The molecule has 0 spiro atoms. The van der Waals surface area contributed by atoms with Crippen LogP contribution in [0.1, 0.15) is 22.8 Å². The van der Waals surface area contributed by atoms with Crippen molar-refractivity contribution in [1.29, 1.82) is 0 Å². The molecule has 250 valence electrons. The van der Waals surface area contributed by atoms with E-state index < -0.39 is 17.1 Å². The summed E-state index contributed by atoms with van der Waals surface area (Å²) < 4.78 is 0. The molecule has 0 saturated carbocycles. The van der Waals surface area contributed by atoms with Gasteiger partial charge in [-0.15, -0.1) is 23.1 Å². The molecule has 0 aliphatic carbocycles. The first-order valence-electron chi connectivity index (χ1n) is 16.3. The number of nitrogens with zero attached hydrogens (tertiary/aromatic N) is 1. The molecular formula is C42H32N4O3S2. The third-order valence-corrected chi connectivity index (χ3v) is 10.1. The fraction of sp³-hybridized carbons (Fsp3) is 0.0476. The number of nitrogens with one attached hydrogen (secondary N) is 3. The lowest BCUT2D eigenvalue weighted by molar-refractivity contribution is -0.115. The SMILES string of the molecule is CC(Sc1cccc(NC(=O)/C(=C\c2cccc3ccccc23)NC(=O)c2ccccc2)c1)C(=O)Nc1nc(-c2ccc3ccccc3c2)cs1. The molecule has 7 nitrogen and oxygen atoms in total. The summed E-state index contributed by atoms with van der Waals surface area (Å²) in [5.74, 6) is -1.06. The number of carbonyl (C=O) groups is 3. The molecule has 51 heavy (non-hydrogen) atoms. The van der Waals surface area contributed by atoms with Crippen molar-refractivity contribution in [2.24, 2.45) is 0 Å². The monoisotopic (exact) mass is 704 g/mol. The van der Waals surface area contributed by atoms with Crippen molar-refractivity contribution in [1.82, 2.24) is 10.3 Å². The number of thioether (sulfide) groups is 1. The molecule has 1 unspecified atom stereocenters. The lowest BCUT2D eigenvalue weighted by Crippen LogP contribution is -2.30. The predicted molar refractivity (Wildman–Crippen MR) is 210 cm³/mol. The van der Waals surface area contributed by atoms with Gasteiger partial charge in [0.05, 0.1) is 10.9 Å². The van der Waals surface area contributed by atoms with Crippen LogP contribution in [0.5, 0.6) is 0 Å². The highest BCUT2D eigenvalue weighted by Crippen LogP contribution is 2.30. The zero-order valence-electron chi connectivity index (χ0n) is 27.5. The Morgan fingerprint density at radius 2 is 1.45 bits per heavy atom. The minimum absolute atomic E-state index is 0.0949. The third-order valence-electron chi connectivity index (χ3n) is 8.21. The number of aromatic nitrogens is 1. The zero-order valence-corrected chi connectivity index (χ0v) is 29.1. The van der Waals surface area contributed by atoms with E-state index in [-0.39, 0.29) is 11.6 Å². The maximum atomic E-state index is 13.8. The lowest BCUT2D eigenvalue weighted by Gasteiger charge is -2.14. The fourth-order valence-corrected chi connectivity index (χ4v) is 7.25. The molecule has 0 radical (unpaired) electrons. The van der Waals surface area contributed by atoms with Gasteiger partial charge in [-0.05, 0) is 76.5 Å². The summed E-state index contributed by atoms with van der Waals surface area (Å²) in [5.41, 5.74) is 3.63. The van der Waals surface area contributed by atoms with Crippen LogP contribution in [0.15, 0.2) is 155 Å². The summed E-state index contributed by atoms with van der Waals surface area (Å²) in [6.45, 7) is 1.83. The number of benzene rings is 6. The summed E-state index contributed by atoms with van der Waals surface area (Å²) >= 11 is 2.75. The van der Waals surface area contributed by atoms with Gasteiger partial charge in [0.15, 0.2) is 5.13 Å². The van der Waals surface area contributed by atoms with E-state index in [1.54, 1.807) is 36.4 Å². The molecule has 0 saturated heterocycles. The number of fused-ring (bicyclic) bond motifs is 2. The Hall–Kier alpha value is -6.03. The predicted octanol–water partition coefficient (Wildman–Crippen LogP) is 9.65. The van der Waals surface area contributed by atoms with Crippen LogP contribution in [0.25, 0.3) is 38.9 Å². The lowest BCUT2D eigenvalue weighted by atomic mass is 10.0. The van der Waals surface area contributed by atoms with E-state index in [0.717, 1.165) is 43.3 Å². The average Bonchev–Trinajstić information content (AvgIpc) is 3.63. The Labute approximate surface area is 303 Å². The smallest absolute Gasteiger partial charge is 0.272 e. The normalized spacial score (nSPS) is 12.0. The molecule has 0 bridgehead atoms. The Kier molecular flexibility index (Phi) is 10.0. The molecule has 6 aromatic carbocycles. The van der Waals surface area contributed by atoms with Crippen LogP contribution in [0.3, 0.4) is 0 Å². The van der Waals surface area contributed by atoms with E-state index in [9.17, 15) is 14.4 Å². The second-order valence-electron chi connectivity index (χ2n) is 11.8. The second kappa shape index (κ2) is 15.2. The molecular weight excluding hydrogens is 673 g/mol. The van der Waals surface area contributed by atoms with Crippen LogP contribution >= 0.6 is 23.1 Å². The number of anilines is 2. The van der Waals surface area contributed by atoms with Gasteiger partial charge in [0, 0.05) is 27.1 Å². The number of hydrogen-bond donors (Lipinski definition) is 3. The zero-order chi connectivity index (χ0) is 35.2. The molecule has 3 N–H and O–H groups in total. The van der Waals surface area contributed by atoms with Gasteiger partial charge in [-0.3, -0.25) is 14.4 Å². The van der Waals surface area contributed by atoms with E-state index in [4.69, 9.17) is 0 Å². The van der Waals surface area contributed by atoms with Crippen LogP contribution in [0, 0.1) is 0 Å². The highest BCUT2D eigenvalue weighted by molar-refractivity contribution is 8.00. The Balaban J connectivity index is 1.04. The molecule has 9 heteroatoms. The van der Waals surface area contributed by atoms with Crippen molar-refractivity contribution in [3.8, 4) is 11.3 Å². The Morgan fingerprint density at radius 3 is 2.29 bits per heavy atom. The van der Waals surface area contributed by atoms with Crippen molar-refractivity contribution < 1.29 is 14.4 Å². The first-order chi connectivity index (χ1) is 24.9. The van der Waals surface area contributed by atoms with Gasteiger partial charge in [0.2, 0.25) is 5.91 Å². The second-order valence-corrected chi connectivity index (χ2v) is 14.0. The third kappa shape index (κ3) is 8.07. The summed E-state index contributed by atoms with van der Waals surface area (Å²) in [5, 5.41) is 15.0. The first kappa shape index (κ1) is 33.5. The maximum absolute atomic E-state index is 13.8. The van der Waals surface area contributed by atoms with Crippen LogP contribution in [0.4, 0.5) is 10.8 Å². The molecule has 3 amide bonds. The largest absolute Gasteiger partial charge is 0.321 e. The Bertz CT molecular complexity index is 2420. The van der Waals surface area contributed by atoms with Crippen molar-refractivity contribution in [2.75, 3.05) is 10.6 Å². The summed E-state index contributed by atoms with van der Waals surface area (Å²) in [4.78, 5) is 45.6. The van der Waals surface area contributed by atoms with Gasteiger partial charge < -0.3 is 16.0 Å². The van der Waals surface area contributed by atoms with Crippen molar-refractivity contribution >= 4 is 79.3 Å². The molecule has 7 aromatic rings. The number of amides is 3. The van der Waals surface area contributed by atoms with E-state index in [1.807, 2.05) is 97.2 Å². The topological polar surface area (TPSA) is 100 Å². The first-order valence-corrected chi connectivity index (χ1v) is 18.0. The number of rotatable bonds is 10. The number of thiazole rings is 1. The van der Waals surface area contributed by atoms with E-state index in [2.05, 4.69) is 45.2 Å². The standard InChI is InChI=1S/C42H32N4O3S2/c1-27(39(47)46-42-45-38(26-50-42)33-22-21-28-11-5-6-15-31(28)23-33)51-35-19-10-18-34(25-35)43-41(49)37(44-40(48)30-13-3-2-4-14-30)24-32-17-9-16-29-12-7-8-20-36(29)32/h2-27H,1H3,(H,43,49)(H,44,48)(H,45,46,47)/b37-24+. The quantitative estimate of drug-likeness (QED) is 0.0973. The highest BCUT2D eigenvalue weighted by Gasteiger charge is 2.19. The number of carbonyl (C=O) groups excluding carboxylic acids is 3. The van der Waals surface area contributed by atoms with Gasteiger partial charge in [-0.25, -0.2) is 4.98 Å². The molecule has 1 heterocycles. The van der Waals surface area contributed by atoms with Gasteiger partial charge in [0.25, 0.3) is 11.8 Å². The molecule has 0 aliphatic heterocycles. The van der Waals surface area contributed by atoms with Gasteiger partial charge in [0.1, 0.15) is 5.70 Å². The Morgan fingerprint density at radius 1 is 0.725 bits per heavy atom. The molecule has 0 aliphatic rings. The minimum atomic E-state index is -0.480. The fourth-order valence-electron chi connectivity index (χ4n) is 5.60. The van der Waals surface area contributed by atoms with Gasteiger partial charge in [-0.2, -0.15) is 0 Å². The van der Waals surface area contributed by atoms with E-state index in [1.165, 1.54) is 23.1 Å².